The summed E-state index contributed by atoms with van der Waals surface area (Å²) in [6.07, 6.45) is 0. The zero-order chi connectivity index (χ0) is 18.1. The van der Waals surface area contributed by atoms with Gasteiger partial charge in [0.1, 0.15) is 17.7 Å². The van der Waals surface area contributed by atoms with Crippen molar-refractivity contribution in [2.45, 2.75) is 0 Å². The highest BCUT2D eigenvalue weighted by Crippen LogP contribution is 2.30. The van der Waals surface area contributed by atoms with Gasteiger partial charge in [-0.2, -0.15) is 10.5 Å². The summed E-state index contributed by atoms with van der Waals surface area (Å²) in [5, 5.41) is 18.5. The lowest BCUT2D eigenvalue weighted by Crippen LogP contribution is -2.01. The molecule has 0 bridgehead atoms. The average molecular weight is 336 g/mol. The lowest BCUT2D eigenvalue weighted by Gasteiger charge is -2.11. The third-order valence-electron chi connectivity index (χ3n) is 4.06. The van der Waals surface area contributed by atoms with Gasteiger partial charge >= 0.3 is 0 Å². The summed E-state index contributed by atoms with van der Waals surface area (Å²) in [4.78, 5) is 8.72. The molecule has 2 N–H and O–H groups in total. The summed E-state index contributed by atoms with van der Waals surface area (Å²) >= 11 is 0. The van der Waals surface area contributed by atoms with Crippen LogP contribution in [0.3, 0.4) is 0 Å². The number of aromatic nitrogens is 3. The Balaban J connectivity index is 2.10. The third-order valence-corrected chi connectivity index (χ3v) is 4.06. The Kier molecular flexibility index (Phi) is 3.57. The highest BCUT2D eigenvalue weighted by atomic mass is 15.1. The molecule has 2 heterocycles. The van der Waals surface area contributed by atoms with Crippen molar-refractivity contribution in [3.8, 4) is 29.1 Å². The first kappa shape index (κ1) is 15.4. The molecule has 26 heavy (non-hydrogen) atoms. The summed E-state index contributed by atoms with van der Waals surface area (Å²) in [5.74, 6) is 0. The number of benzene rings is 2. The molecule has 122 valence electrons. The molecule has 4 aromatic rings. The number of rotatable bonds is 2. The maximum atomic E-state index is 9.30. The van der Waals surface area contributed by atoms with E-state index in [0.717, 1.165) is 16.9 Å². The Bertz CT molecular complexity index is 1190. The second kappa shape index (κ2) is 6.04. The van der Waals surface area contributed by atoms with Gasteiger partial charge in [-0.05, 0) is 35.9 Å². The molecule has 0 spiro atoms. The monoisotopic (exact) mass is 336 g/mol. The standard InChI is InChI=1S/C20H12N6/c21-11-17-18(12-22)25-20-16(24-17)10-19(13-4-2-1-3-5-13)26(20)15-8-6-14(23)7-9-15/h1-10H,23H2. The van der Waals surface area contributed by atoms with E-state index < -0.39 is 0 Å². The van der Waals surface area contributed by atoms with Crippen LogP contribution >= 0.6 is 0 Å². The van der Waals surface area contributed by atoms with Crippen LogP contribution in [0, 0.1) is 22.7 Å². The van der Waals surface area contributed by atoms with Crippen molar-refractivity contribution < 1.29 is 0 Å². The quantitative estimate of drug-likeness (QED) is 0.565. The largest absolute Gasteiger partial charge is 0.399 e. The molecule has 6 nitrogen and oxygen atoms in total. The van der Waals surface area contributed by atoms with E-state index in [2.05, 4.69) is 9.97 Å². The van der Waals surface area contributed by atoms with E-state index in [1.165, 1.54) is 0 Å². The number of nitrogen functional groups attached to an aromatic ring is 1. The Morgan fingerprint density at radius 3 is 2.15 bits per heavy atom. The first-order valence-electron chi connectivity index (χ1n) is 7.86. The number of nitriles is 2. The molecule has 0 aliphatic heterocycles. The molecule has 0 atom stereocenters. The fraction of sp³-hybridized carbons (Fsp3) is 0. The molecule has 0 fully saturated rings. The second-order valence-electron chi connectivity index (χ2n) is 5.68. The summed E-state index contributed by atoms with van der Waals surface area (Å²) in [6.45, 7) is 0. The first-order valence-corrected chi connectivity index (χ1v) is 7.86. The fourth-order valence-corrected chi connectivity index (χ4v) is 2.87. The van der Waals surface area contributed by atoms with Gasteiger partial charge in [0.2, 0.25) is 0 Å². The Morgan fingerprint density at radius 1 is 0.846 bits per heavy atom. The molecule has 0 saturated carbocycles. The Hall–Kier alpha value is -4.16. The SMILES string of the molecule is N#Cc1nc2cc(-c3ccccc3)n(-c3ccc(N)cc3)c2nc1C#N. The van der Waals surface area contributed by atoms with E-state index in [-0.39, 0.29) is 11.4 Å². The zero-order valence-corrected chi connectivity index (χ0v) is 13.6. The van der Waals surface area contributed by atoms with Gasteiger partial charge in [-0.3, -0.25) is 4.57 Å². The van der Waals surface area contributed by atoms with Crippen molar-refractivity contribution in [1.29, 1.82) is 10.5 Å². The van der Waals surface area contributed by atoms with Gasteiger partial charge in [-0.1, -0.05) is 30.3 Å². The van der Waals surface area contributed by atoms with Gasteiger partial charge < -0.3 is 5.73 Å². The maximum absolute atomic E-state index is 9.30. The Morgan fingerprint density at radius 2 is 1.50 bits per heavy atom. The molecule has 0 saturated heterocycles. The minimum Gasteiger partial charge on any atom is -0.399 e. The normalized spacial score (nSPS) is 10.4. The number of nitrogens with zero attached hydrogens (tertiary/aromatic N) is 5. The average Bonchev–Trinajstić information content (AvgIpc) is 3.06. The summed E-state index contributed by atoms with van der Waals surface area (Å²) in [5.41, 5.74) is 10.2. The zero-order valence-electron chi connectivity index (χ0n) is 13.6. The Labute approximate surface area is 149 Å². The van der Waals surface area contributed by atoms with Crippen molar-refractivity contribution >= 4 is 16.9 Å². The molecule has 0 aliphatic rings. The van der Waals surface area contributed by atoms with Crippen molar-refractivity contribution in [3.63, 3.8) is 0 Å². The van der Waals surface area contributed by atoms with E-state index in [4.69, 9.17) is 5.73 Å². The van der Waals surface area contributed by atoms with Crippen LogP contribution in [0.5, 0.6) is 0 Å². The second-order valence-corrected chi connectivity index (χ2v) is 5.68. The van der Waals surface area contributed by atoms with E-state index in [9.17, 15) is 10.5 Å². The lowest BCUT2D eigenvalue weighted by atomic mass is 10.1. The van der Waals surface area contributed by atoms with Crippen molar-refractivity contribution in [2.75, 3.05) is 5.73 Å². The van der Waals surface area contributed by atoms with Crippen LogP contribution in [0.1, 0.15) is 11.4 Å². The third kappa shape index (κ3) is 2.43. The predicted molar refractivity (Wildman–Crippen MR) is 98.1 cm³/mol. The first-order chi connectivity index (χ1) is 12.7. The van der Waals surface area contributed by atoms with Gasteiger partial charge in [0.05, 0.1) is 5.69 Å². The molecular weight excluding hydrogens is 324 g/mol. The van der Waals surface area contributed by atoms with Crippen molar-refractivity contribution in [1.82, 2.24) is 14.5 Å². The van der Waals surface area contributed by atoms with E-state index in [1.807, 2.05) is 65.2 Å². The predicted octanol–water partition coefficient (Wildman–Crippen LogP) is 3.41. The molecule has 6 heteroatoms. The number of fused-ring (bicyclic) bond motifs is 1. The molecule has 0 unspecified atom stereocenters. The number of hydrogen-bond donors (Lipinski definition) is 1. The summed E-state index contributed by atoms with van der Waals surface area (Å²) in [7, 11) is 0. The van der Waals surface area contributed by atoms with Gasteiger partial charge in [-0.15, -0.1) is 0 Å². The van der Waals surface area contributed by atoms with Crippen LogP contribution in [-0.2, 0) is 0 Å². The van der Waals surface area contributed by atoms with E-state index in [0.29, 0.717) is 16.9 Å². The minimum absolute atomic E-state index is 0.00871. The number of anilines is 1. The van der Waals surface area contributed by atoms with Crippen LogP contribution in [0.2, 0.25) is 0 Å². The van der Waals surface area contributed by atoms with Crippen LogP contribution in [0.25, 0.3) is 28.1 Å². The van der Waals surface area contributed by atoms with Gasteiger partial charge in [0.25, 0.3) is 0 Å². The molecule has 0 radical (unpaired) electrons. The molecule has 0 aliphatic carbocycles. The van der Waals surface area contributed by atoms with Crippen LogP contribution in [0.4, 0.5) is 5.69 Å². The minimum atomic E-state index is 0.00871. The highest BCUT2D eigenvalue weighted by Gasteiger charge is 2.17. The van der Waals surface area contributed by atoms with Crippen LogP contribution in [0.15, 0.2) is 60.7 Å². The summed E-state index contributed by atoms with van der Waals surface area (Å²) in [6, 6.07) is 22.9. The van der Waals surface area contributed by atoms with Crippen molar-refractivity contribution in [3.05, 3.63) is 72.1 Å². The number of nitrogens with two attached hydrogens (primary N) is 1. The molecule has 0 amide bonds. The van der Waals surface area contributed by atoms with Gasteiger partial charge in [0, 0.05) is 11.4 Å². The molecular formula is C20H12N6. The molecule has 4 rings (SSSR count). The smallest absolute Gasteiger partial charge is 0.179 e. The van der Waals surface area contributed by atoms with Crippen molar-refractivity contribution in [2.24, 2.45) is 0 Å². The topological polar surface area (TPSA) is 104 Å². The van der Waals surface area contributed by atoms with E-state index in [1.54, 1.807) is 12.1 Å². The van der Waals surface area contributed by atoms with Crippen LogP contribution in [-0.4, -0.2) is 14.5 Å². The van der Waals surface area contributed by atoms with Gasteiger partial charge in [0.15, 0.2) is 17.0 Å². The summed E-state index contributed by atoms with van der Waals surface area (Å²) < 4.78 is 1.92. The maximum Gasteiger partial charge on any atom is 0.179 e. The molecule has 2 aromatic heterocycles. The lowest BCUT2D eigenvalue weighted by molar-refractivity contribution is 1.08. The molecule has 2 aromatic carbocycles. The number of hydrogen-bond acceptors (Lipinski definition) is 5. The highest BCUT2D eigenvalue weighted by molar-refractivity contribution is 5.84. The van der Waals surface area contributed by atoms with E-state index >= 15 is 0 Å². The van der Waals surface area contributed by atoms with Crippen LogP contribution < -0.4 is 5.73 Å². The fourth-order valence-electron chi connectivity index (χ4n) is 2.87. The van der Waals surface area contributed by atoms with Gasteiger partial charge in [-0.25, -0.2) is 9.97 Å².